The van der Waals surface area contributed by atoms with Crippen LogP contribution in [0, 0.1) is 5.41 Å². The Bertz CT molecular complexity index is 312. The van der Waals surface area contributed by atoms with Crippen LogP contribution in [0.3, 0.4) is 0 Å². The Labute approximate surface area is 91.7 Å². The first kappa shape index (κ1) is 10.7. The molecule has 0 amide bonds. The molecule has 2 rings (SSSR count). The molecular weight excluding hydrogens is 188 g/mol. The third kappa shape index (κ3) is 1.70. The first-order chi connectivity index (χ1) is 7.03. The Hall–Kier alpha value is -0.790. The molecule has 1 aliphatic carbocycles. The van der Waals surface area contributed by atoms with Gasteiger partial charge in [0, 0.05) is 11.0 Å². The quantitative estimate of drug-likeness (QED) is 0.571. The average molecular weight is 208 g/mol. The van der Waals surface area contributed by atoms with Crippen molar-refractivity contribution in [2.45, 2.75) is 59.0 Å². The van der Waals surface area contributed by atoms with Crippen LogP contribution in [0.25, 0.3) is 0 Å². The topological polar surface area (TPSA) is 26.3 Å². The summed E-state index contributed by atoms with van der Waals surface area (Å²) in [5, 5.41) is 0. The SMILES string of the molecule is CC1=C2CCCCCC(OC1=O)C2(C)C. The van der Waals surface area contributed by atoms with Gasteiger partial charge in [0.1, 0.15) is 6.10 Å². The molecule has 1 unspecified atom stereocenters. The molecule has 1 heterocycles. The molecule has 0 spiro atoms. The summed E-state index contributed by atoms with van der Waals surface area (Å²) in [6.45, 7) is 6.35. The van der Waals surface area contributed by atoms with Gasteiger partial charge in [-0.3, -0.25) is 0 Å². The van der Waals surface area contributed by atoms with Crippen molar-refractivity contribution in [3.8, 4) is 0 Å². The van der Waals surface area contributed by atoms with Crippen LogP contribution in [0.15, 0.2) is 11.1 Å². The van der Waals surface area contributed by atoms with E-state index in [1.54, 1.807) is 0 Å². The summed E-state index contributed by atoms with van der Waals surface area (Å²) in [5.41, 5.74) is 2.25. The molecule has 1 fully saturated rings. The second kappa shape index (κ2) is 3.66. The summed E-state index contributed by atoms with van der Waals surface area (Å²) in [5.74, 6) is -0.0868. The van der Waals surface area contributed by atoms with Gasteiger partial charge >= 0.3 is 5.97 Å². The number of rotatable bonds is 0. The van der Waals surface area contributed by atoms with E-state index in [4.69, 9.17) is 4.74 Å². The van der Waals surface area contributed by atoms with Gasteiger partial charge in [0.05, 0.1) is 0 Å². The Kier molecular flexibility index (Phi) is 2.61. The number of ether oxygens (including phenoxy) is 1. The predicted octanol–water partition coefficient (Wildman–Crippen LogP) is 3.22. The Balaban J connectivity index is 2.43. The van der Waals surface area contributed by atoms with Crippen molar-refractivity contribution in [1.29, 1.82) is 0 Å². The standard InChI is InChI=1S/C13H20O2/c1-9-10-7-5-4-6-8-11(13(10,2)3)15-12(9)14/h11H,4-8H2,1-3H3. The van der Waals surface area contributed by atoms with Crippen LogP contribution >= 0.6 is 0 Å². The van der Waals surface area contributed by atoms with E-state index in [1.165, 1.54) is 24.8 Å². The monoisotopic (exact) mass is 208 g/mol. The summed E-state index contributed by atoms with van der Waals surface area (Å²) in [4.78, 5) is 11.7. The van der Waals surface area contributed by atoms with Gasteiger partial charge in [-0.25, -0.2) is 4.79 Å². The minimum atomic E-state index is -0.0868. The van der Waals surface area contributed by atoms with Crippen molar-refractivity contribution in [1.82, 2.24) is 0 Å². The highest BCUT2D eigenvalue weighted by Gasteiger charge is 2.42. The minimum Gasteiger partial charge on any atom is -0.458 e. The molecule has 84 valence electrons. The molecule has 2 heteroatoms. The Morgan fingerprint density at radius 1 is 1.27 bits per heavy atom. The maximum Gasteiger partial charge on any atom is 0.333 e. The minimum absolute atomic E-state index is 0.0540. The van der Waals surface area contributed by atoms with Gasteiger partial charge < -0.3 is 4.74 Å². The molecule has 1 saturated carbocycles. The van der Waals surface area contributed by atoms with Crippen LogP contribution in [0.1, 0.15) is 52.9 Å². The molecule has 0 radical (unpaired) electrons. The van der Waals surface area contributed by atoms with Gasteiger partial charge in [0.15, 0.2) is 0 Å². The number of carbonyl (C=O) groups is 1. The van der Waals surface area contributed by atoms with E-state index in [0.29, 0.717) is 0 Å². The maximum atomic E-state index is 11.7. The largest absolute Gasteiger partial charge is 0.458 e. The molecule has 1 aliphatic heterocycles. The molecule has 2 bridgehead atoms. The molecule has 1 atom stereocenters. The Morgan fingerprint density at radius 2 is 2.00 bits per heavy atom. The van der Waals surface area contributed by atoms with E-state index < -0.39 is 0 Å². The van der Waals surface area contributed by atoms with Gasteiger partial charge in [0.2, 0.25) is 0 Å². The molecular formula is C13H20O2. The summed E-state index contributed by atoms with van der Waals surface area (Å²) < 4.78 is 5.52. The van der Waals surface area contributed by atoms with Crippen LogP contribution in [-0.2, 0) is 9.53 Å². The van der Waals surface area contributed by atoms with Gasteiger partial charge in [-0.2, -0.15) is 0 Å². The molecule has 0 aromatic carbocycles. The van der Waals surface area contributed by atoms with E-state index >= 15 is 0 Å². The fourth-order valence-electron chi connectivity index (χ4n) is 2.90. The second-order valence-corrected chi connectivity index (χ2v) is 5.32. The molecule has 2 nitrogen and oxygen atoms in total. The fourth-order valence-corrected chi connectivity index (χ4v) is 2.90. The van der Waals surface area contributed by atoms with E-state index in [1.807, 2.05) is 6.92 Å². The summed E-state index contributed by atoms with van der Waals surface area (Å²) in [6.07, 6.45) is 5.87. The third-order valence-electron chi connectivity index (χ3n) is 3.98. The second-order valence-electron chi connectivity index (χ2n) is 5.32. The van der Waals surface area contributed by atoms with Crippen LogP contribution in [-0.4, -0.2) is 12.1 Å². The zero-order chi connectivity index (χ0) is 11.1. The highest BCUT2D eigenvalue weighted by atomic mass is 16.5. The predicted molar refractivity (Wildman–Crippen MR) is 59.4 cm³/mol. The zero-order valence-electron chi connectivity index (χ0n) is 9.93. The first-order valence-electron chi connectivity index (χ1n) is 5.94. The molecule has 0 aromatic rings. The molecule has 0 saturated heterocycles. The normalized spacial score (nSPS) is 30.6. The van der Waals surface area contributed by atoms with Crippen molar-refractivity contribution in [2.24, 2.45) is 5.41 Å². The number of carbonyl (C=O) groups excluding carboxylic acids is 1. The highest BCUT2D eigenvalue weighted by Crippen LogP contribution is 2.44. The summed E-state index contributed by atoms with van der Waals surface area (Å²) in [7, 11) is 0. The smallest absolute Gasteiger partial charge is 0.333 e. The van der Waals surface area contributed by atoms with Crippen LogP contribution in [0.4, 0.5) is 0 Å². The lowest BCUT2D eigenvalue weighted by atomic mass is 9.70. The summed E-state index contributed by atoms with van der Waals surface area (Å²) in [6, 6.07) is 0. The third-order valence-corrected chi connectivity index (χ3v) is 3.98. The fraction of sp³-hybridized carbons (Fsp3) is 0.769. The Morgan fingerprint density at radius 3 is 2.73 bits per heavy atom. The maximum absolute atomic E-state index is 11.7. The molecule has 15 heavy (non-hydrogen) atoms. The average Bonchev–Trinajstić information content (AvgIpc) is 2.16. The van der Waals surface area contributed by atoms with Crippen molar-refractivity contribution in [3.05, 3.63) is 11.1 Å². The number of esters is 1. The van der Waals surface area contributed by atoms with Crippen molar-refractivity contribution in [3.63, 3.8) is 0 Å². The van der Waals surface area contributed by atoms with Crippen molar-refractivity contribution < 1.29 is 9.53 Å². The van der Waals surface area contributed by atoms with Gasteiger partial charge in [-0.1, -0.05) is 25.8 Å². The van der Waals surface area contributed by atoms with Crippen LogP contribution in [0.5, 0.6) is 0 Å². The number of fused-ring (bicyclic) bond motifs is 2. The zero-order valence-corrected chi connectivity index (χ0v) is 9.93. The lowest BCUT2D eigenvalue weighted by molar-refractivity contribution is -0.153. The summed E-state index contributed by atoms with van der Waals surface area (Å²) >= 11 is 0. The van der Waals surface area contributed by atoms with E-state index in [9.17, 15) is 4.79 Å². The highest BCUT2D eigenvalue weighted by molar-refractivity contribution is 5.90. The number of hydrogen-bond acceptors (Lipinski definition) is 2. The van der Waals surface area contributed by atoms with E-state index in [-0.39, 0.29) is 17.5 Å². The van der Waals surface area contributed by atoms with Crippen LogP contribution < -0.4 is 0 Å². The molecule has 0 aromatic heterocycles. The first-order valence-corrected chi connectivity index (χ1v) is 5.94. The van der Waals surface area contributed by atoms with Crippen molar-refractivity contribution in [2.75, 3.05) is 0 Å². The number of hydrogen-bond donors (Lipinski definition) is 0. The van der Waals surface area contributed by atoms with Crippen LogP contribution in [0.2, 0.25) is 0 Å². The van der Waals surface area contributed by atoms with Gasteiger partial charge in [-0.05, 0) is 32.6 Å². The lowest BCUT2D eigenvalue weighted by Gasteiger charge is -2.42. The lowest BCUT2D eigenvalue weighted by Crippen LogP contribution is -2.41. The van der Waals surface area contributed by atoms with E-state index in [2.05, 4.69) is 13.8 Å². The van der Waals surface area contributed by atoms with Crippen molar-refractivity contribution >= 4 is 5.97 Å². The molecule has 2 aliphatic rings. The van der Waals surface area contributed by atoms with Gasteiger partial charge in [-0.15, -0.1) is 0 Å². The van der Waals surface area contributed by atoms with Gasteiger partial charge in [0.25, 0.3) is 0 Å². The molecule has 0 N–H and O–H groups in total. The van der Waals surface area contributed by atoms with E-state index in [0.717, 1.165) is 18.4 Å².